The van der Waals surface area contributed by atoms with Gasteiger partial charge in [0, 0.05) is 42.6 Å². The number of benzene rings is 1. The number of carbonyl (C=O) groups excluding carboxylic acids is 2. The molecular formula is C25H29ClFIN4O2. The number of hydrogen-bond acceptors (Lipinski definition) is 4. The molecule has 0 radical (unpaired) electrons. The van der Waals surface area contributed by atoms with Crippen molar-refractivity contribution in [2.24, 2.45) is 5.92 Å². The van der Waals surface area contributed by atoms with Crippen molar-refractivity contribution in [1.82, 2.24) is 19.6 Å². The van der Waals surface area contributed by atoms with E-state index in [-0.39, 0.29) is 22.4 Å². The molecule has 1 amide bonds. The van der Waals surface area contributed by atoms with Crippen LogP contribution in [-0.4, -0.2) is 64.6 Å². The van der Waals surface area contributed by atoms with Gasteiger partial charge < -0.3 is 9.80 Å². The van der Waals surface area contributed by atoms with Gasteiger partial charge in [-0.05, 0) is 81.3 Å². The predicted molar refractivity (Wildman–Crippen MR) is 137 cm³/mol. The zero-order chi connectivity index (χ0) is 24.2. The van der Waals surface area contributed by atoms with E-state index in [9.17, 15) is 9.59 Å². The van der Waals surface area contributed by atoms with Crippen molar-refractivity contribution in [2.75, 3.05) is 27.2 Å². The summed E-state index contributed by atoms with van der Waals surface area (Å²) in [6.07, 6.45) is 4.46. The third kappa shape index (κ3) is 4.09. The summed E-state index contributed by atoms with van der Waals surface area (Å²) in [6.45, 7) is 1.51. The largest absolute Gasteiger partial charge is 0.341 e. The standard InChI is InChI=1S/C25H29ClFIN4O2/c1-30(2)16-9-12-31(14-16)23(33)15-7-8-17-20(13-15)32(29-22(17)28)24(34)21-18(5-3-6-19(21)26)25(27)10-4-11-25/h3,5-6,15-16H,4,7-14H2,1-2H3/t15?,16-/m1/s1. The van der Waals surface area contributed by atoms with E-state index in [1.165, 1.54) is 4.68 Å². The lowest BCUT2D eigenvalue weighted by molar-refractivity contribution is -0.135. The van der Waals surface area contributed by atoms with Crippen molar-refractivity contribution in [3.63, 3.8) is 0 Å². The van der Waals surface area contributed by atoms with Gasteiger partial charge in [0.05, 0.1) is 16.3 Å². The number of likely N-dealkylation sites (N-methyl/N-ethyl adjacent to an activating group) is 1. The van der Waals surface area contributed by atoms with Crippen LogP contribution in [0.5, 0.6) is 0 Å². The van der Waals surface area contributed by atoms with Crippen molar-refractivity contribution < 1.29 is 14.0 Å². The maximum Gasteiger partial charge on any atom is 0.280 e. The normalized spacial score (nSPS) is 23.6. The minimum atomic E-state index is -1.52. The molecule has 9 heteroatoms. The third-order valence-electron chi connectivity index (χ3n) is 7.83. The first kappa shape index (κ1) is 24.2. The van der Waals surface area contributed by atoms with E-state index < -0.39 is 11.6 Å². The fourth-order valence-electron chi connectivity index (χ4n) is 5.54. The Bertz CT molecular complexity index is 1150. The van der Waals surface area contributed by atoms with Crippen molar-refractivity contribution in [3.05, 3.63) is 49.3 Å². The molecule has 2 fully saturated rings. The van der Waals surface area contributed by atoms with Crippen molar-refractivity contribution in [2.45, 2.75) is 56.7 Å². The van der Waals surface area contributed by atoms with Crippen LogP contribution in [0.25, 0.3) is 0 Å². The van der Waals surface area contributed by atoms with Gasteiger partial charge in [0.2, 0.25) is 5.91 Å². The van der Waals surface area contributed by atoms with Gasteiger partial charge in [0.15, 0.2) is 0 Å². The van der Waals surface area contributed by atoms with Gasteiger partial charge in [-0.1, -0.05) is 23.7 Å². The summed E-state index contributed by atoms with van der Waals surface area (Å²) in [7, 11) is 4.09. The molecular weight excluding hydrogens is 570 g/mol. The number of likely N-dealkylation sites (tertiary alicyclic amines) is 1. The molecule has 3 aliphatic rings. The highest BCUT2D eigenvalue weighted by molar-refractivity contribution is 14.1. The van der Waals surface area contributed by atoms with E-state index in [1.807, 2.05) is 19.0 Å². The van der Waals surface area contributed by atoms with E-state index in [2.05, 4.69) is 32.6 Å². The molecule has 2 heterocycles. The first-order chi connectivity index (χ1) is 16.2. The second kappa shape index (κ2) is 9.17. The number of carbonyl (C=O) groups is 2. The van der Waals surface area contributed by atoms with Crippen molar-refractivity contribution >= 4 is 46.0 Å². The Balaban J connectivity index is 1.44. The molecule has 6 nitrogen and oxygen atoms in total. The zero-order valence-electron chi connectivity index (χ0n) is 19.5. The molecule has 1 aromatic heterocycles. The Morgan fingerprint density at radius 3 is 2.68 bits per heavy atom. The van der Waals surface area contributed by atoms with Crippen LogP contribution in [-0.2, 0) is 23.3 Å². The summed E-state index contributed by atoms with van der Waals surface area (Å²) in [5.74, 6) is -0.441. The van der Waals surface area contributed by atoms with Gasteiger partial charge in [-0.3, -0.25) is 9.59 Å². The molecule has 2 aliphatic carbocycles. The van der Waals surface area contributed by atoms with E-state index in [0.717, 1.165) is 47.3 Å². The molecule has 2 atom stereocenters. The summed E-state index contributed by atoms with van der Waals surface area (Å²) in [6, 6.07) is 5.37. The number of aromatic nitrogens is 2. The summed E-state index contributed by atoms with van der Waals surface area (Å²) >= 11 is 8.61. The second-order valence-corrected chi connectivity index (χ2v) is 11.5. The van der Waals surface area contributed by atoms with E-state index in [4.69, 9.17) is 11.6 Å². The Kier molecular flexibility index (Phi) is 6.52. The highest BCUT2D eigenvalue weighted by atomic mass is 127. The first-order valence-electron chi connectivity index (χ1n) is 11.9. The fourth-order valence-corrected chi connectivity index (χ4v) is 6.60. The van der Waals surface area contributed by atoms with Crippen molar-refractivity contribution in [1.29, 1.82) is 0 Å². The molecule has 0 N–H and O–H groups in total. The van der Waals surface area contributed by atoms with Crippen molar-refractivity contribution in [3.8, 4) is 0 Å². The van der Waals surface area contributed by atoms with Crippen LogP contribution in [0.4, 0.5) is 4.39 Å². The summed E-state index contributed by atoms with van der Waals surface area (Å²) in [5, 5.41) is 4.78. The molecule has 0 spiro atoms. The molecule has 1 aliphatic heterocycles. The van der Waals surface area contributed by atoms with Crippen LogP contribution in [0.2, 0.25) is 5.02 Å². The first-order valence-corrected chi connectivity index (χ1v) is 13.4. The number of hydrogen-bond donors (Lipinski definition) is 0. The number of fused-ring (bicyclic) bond motifs is 1. The molecule has 1 unspecified atom stereocenters. The average Bonchev–Trinajstić information content (AvgIpc) is 3.42. The quantitative estimate of drug-likeness (QED) is 0.489. The van der Waals surface area contributed by atoms with Gasteiger partial charge in [-0.25, -0.2) is 4.39 Å². The number of alkyl halides is 1. The Hall–Kier alpha value is -1.52. The van der Waals surface area contributed by atoms with Crippen LogP contribution >= 0.6 is 34.2 Å². The minimum absolute atomic E-state index is 0.154. The van der Waals surface area contributed by atoms with E-state index >= 15 is 4.39 Å². The lowest BCUT2D eigenvalue weighted by atomic mass is 9.75. The molecule has 1 aromatic carbocycles. The van der Waals surface area contributed by atoms with Crippen LogP contribution in [0.1, 0.15) is 59.3 Å². The molecule has 1 saturated carbocycles. The van der Waals surface area contributed by atoms with Gasteiger partial charge in [0.25, 0.3) is 5.91 Å². The van der Waals surface area contributed by atoms with Crippen LogP contribution in [0.15, 0.2) is 18.2 Å². The zero-order valence-corrected chi connectivity index (χ0v) is 22.4. The van der Waals surface area contributed by atoms with Gasteiger partial charge in [0.1, 0.15) is 9.37 Å². The third-order valence-corrected chi connectivity index (χ3v) is 9.01. The molecule has 34 heavy (non-hydrogen) atoms. The van der Waals surface area contributed by atoms with Gasteiger partial charge in [-0.15, -0.1) is 0 Å². The van der Waals surface area contributed by atoms with Gasteiger partial charge in [-0.2, -0.15) is 9.78 Å². The Morgan fingerprint density at radius 1 is 1.26 bits per heavy atom. The second-order valence-electron chi connectivity index (χ2n) is 10.0. The lowest BCUT2D eigenvalue weighted by Crippen LogP contribution is -2.40. The molecule has 0 bridgehead atoms. The number of rotatable bonds is 4. The average molecular weight is 599 g/mol. The molecule has 182 valence electrons. The number of halogens is 3. The smallest absolute Gasteiger partial charge is 0.280 e. The molecule has 2 aromatic rings. The minimum Gasteiger partial charge on any atom is -0.341 e. The molecule has 5 rings (SSSR count). The summed E-state index contributed by atoms with van der Waals surface area (Å²) < 4.78 is 17.6. The molecule has 1 saturated heterocycles. The van der Waals surface area contributed by atoms with Gasteiger partial charge >= 0.3 is 0 Å². The Labute approximate surface area is 217 Å². The predicted octanol–water partition coefficient (Wildman–Crippen LogP) is 4.45. The topological polar surface area (TPSA) is 58.4 Å². The van der Waals surface area contributed by atoms with Crippen LogP contribution in [0.3, 0.4) is 0 Å². The summed E-state index contributed by atoms with van der Waals surface area (Å²) in [4.78, 5) is 31.2. The SMILES string of the molecule is CN(C)[C@@H]1CCN(C(=O)C2CCc3c(I)nn(C(=O)c4c(Cl)cccc4C4(F)CCC4)c3C2)C1. The number of amides is 1. The van der Waals surface area contributed by atoms with Crippen LogP contribution < -0.4 is 0 Å². The highest BCUT2D eigenvalue weighted by Gasteiger charge is 2.43. The Morgan fingerprint density at radius 2 is 2.03 bits per heavy atom. The lowest BCUT2D eigenvalue weighted by Gasteiger charge is -2.35. The number of nitrogens with zero attached hydrogens (tertiary/aromatic N) is 4. The maximum atomic E-state index is 15.4. The monoisotopic (exact) mass is 598 g/mol. The summed E-state index contributed by atoms with van der Waals surface area (Å²) in [5.41, 5.74) is 0.793. The maximum absolute atomic E-state index is 15.4. The van der Waals surface area contributed by atoms with E-state index in [0.29, 0.717) is 37.3 Å². The van der Waals surface area contributed by atoms with E-state index in [1.54, 1.807) is 18.2 Å². The highest BCUT2D eigenvalue weighted by Crippen LogP contribution is 2.47. The van der Waals surface area contributed by atoms with Crippen LogP contribution in [0, 0.1) is 9.62 Å². The fraction of sp³-hybridized carbons (Fsp3) is 0.560.